The number of ether oxygens (including phenoxy) is 3. The Hall–Kier alpha value is -3.52. The number of para-hydroxylation sites is 1. The first-order valence-electron chi connectivity index (χ1n) is 15.8. The molecule has 0 radical (unpaired) electrons. The molecular formula is C38H46FNaO6. The number of aromatic hydroxyl groups is 1. The number of hydrogen-bond donors (Lipinski definition) is 1. The normalized spacial score (nSPS) is 9.89. The number of aryl methyl sites for hydroxylation is 1. The maximum absolute atomic E-state index is 13.3. The van der Waals surface area contributed by atoms with Gasteiger partial charge in [0.15, 0.2) is 0 Å². The quantitative estimate of drug-likeness (QED) is 0.139. The third-order valence-corrected chi connectivity index (χ3v) is 6.44. The van der Waals surface area contributed by atoms with Gasteiger partial charge < -0.3 is 29.2 Å². The van der Waals surface area contributed by atoms with E-state index in [1.54, 1.807) is 48.5 Å². The Morgan fingerprint density at radius 1 is 0.804 bits per heavy atom. The van der Waals surface area contributed by atoms with Gasteiger partial charge in [-0.3, -0.25) is 0 Å². The maximum Gasteiger partial charge on any atom is 1.00 e. The van der Waals surface area contributed by atoms with Crippen LogP contribution in [0.2, 0.25) is 0 Å². The van der Waals surface area contributed by atoms with Crippen molar-refractivity contribution < 1.29 is 63.2 Å². The molecule has 0 spiro atoms. The van der Waals surface area contributed by atoms with E-state index < -0.39 is 5.97 Å². The fourth-order valence-electron chi connectivity index (χ4n) is 4.42. The first-order chi connectivity index (χ1) is 21.8. The Labute approximate surface area is 295 Å². The molecule has 0 aliphatic rings. The third kappa shape index (κ3) is 12.0. The fraction of sp³-hybridized carbons (Fsp3) is 0.342. The zero-order valence-electron chi connectivity index (χ0n) is 28.3. The molecule has 242 valence electrons. The molecule has 46 heavy (non-hydrogen) atoms. The first-order valence-corrected chi connectivity index (χ1v) is 15.8. The Bertz CT molecular complexity index is 1470. The van der Waals surface area contributed by atoms with Gasteiger partial charge in [0.05, 0.1) is 19.2 Å². The molecule has 0 bridgehead atoms. The van der Waals surface area contributed by atoms with Crippen LogP contribution in [0.4, 0.5) is 4.39 Å². The molecule has 0 amide bonds. The van der Waals surface area contributed by atoms with Gasteiger partial charge in [-0.2, -0.15) is 0 Å². The molecule has 0 heterocycles. The molecular weight excluding hydrogens is 594 g/mol. The Kier molecular flexibility index (Phi) is 19.4. The van der Waals surface area contributed by atoms with Crippen molar-refractivity contribution >= 4 is 5.97 Å². The number of carbonyl (C=O) groups is 1. The van der Waals surface area contributed by atoms with E-state index in [-0.39, 0.29) is 52.4 Å². The predicted octanol–water partition coefficient (Wildman–Crippen LogP) is 6.16. The first kappa shape index (κ1) is 40.5. The summed E-state index contributed by atoms with van der Waals surface area (Å²) in [5.41, 5.74) is 3.13. The molecule has 4 aromatic rings. The number of phenols is 1. The summed E-state index contributed by atoms with van der Waals surface area (Å²) in [4.78, 5) is 11.5. The van der Waals surface area contributed by atoms with Crippen LogP contribution in [0, 0.1) is 5.82 Å². The van der Waals surface area contributed by atoms with Gasteiger partial charge in [0.2, 0.25) is 0 Å². The molecule has 0 unspecified atom stereocenters. The van der Waals surface area contributed by atoms with Gasteiger partial charge in [-0.1, -0.05) is 84.7 Å². The van der Waals surface area contributed by atoms with Gasteiger partial charge in [0.25, 0.3) is 0 Å². The van der Waals surface area contributed by atoms with Gasteiger partial charge in [0, 0.05) is 29.2 Å². The molecule has 0 saturated heterocycles. The topological polar surface area (TPSA) is 88.1 Å². The molecule has 0 fully saturated rings. The number of carboxylic acid groups (broad SMARTS) is 1. The van der Waals surface area contributed by atoms with E-state index >= 15 is 0 Å². The Balaban J connectivity index is 0.00000166. The molecule has 8 heteroatoms. The van der Waals surface area contributed by atoms with E-state index in [9.17, 15) is 19.4 Å². The smallest absolute Gasteiger partial charge is 0.545 e. The summed E-state index contributed by atoms with van der Waals surface area (Å²) in [6.45, 7) is 13.1. The van der Waals surface area contributed by atoms with Crippen LogP contribution in [0.5, 0.6) is 28.7 Å². The monoisotopic (exact) mass is 640 g/mol. The summed E-state index contributed by atoms with van der Waals surface area (Å²) < 4.78 is 31.4. The van der Waals surface area contributed by atoms with Crippen molar-refractivity contribution in [3.8, 4) is 39.9 Å². The van der Waals surface area contributed by atoms with Gasteiger partial charge >= 0.3 is 29.6 Å². The summed E-state index contributed by atoms with van der Waals surface area (Å²) >= 11 is 0. The van der Waals surface area contributed by atoms with Crippen molar-refractivity contribution in [1.29, 1.82) is 0 Å². The van der Waals surface area contributed by atoms with Gasteiger partial charge in [-0.05, 0) is 66.4 Å². The van der Waals surface area contributed by atoms with Crippen LogP contribution in [-0.4, -0.2) is 24.3 Å². The van der Waals surface area contributed by atoms with E-state index in [1.807, 2.05) is 39.8 Å². The van der Waals surface area contributed by atoms with Crippen molar-refractivity contribution in [3.05, 3.63) is 101 Å². The molecule has 6 nitrogen and oxygen atoms in total. The van der Waals surface area contributed by atoms with Crippen molar-refractivity contribution in [2.45, 2.75) is 73.6 Å². The second-order valence-electron chi connectivity index (χ2n) is 9.96. The van der Waals surface area contributed by atoms with Crippen LogP contribution in [0.1, 0.15) is 82.3 Å². The zero-order valence-corrected chi connectivity index (χ0v) is 30.3. The number of benzene rings is 4. The zero-order chi connectivity index (χ0) is 33.2. The molecule has 4 rings (SSSR count). The van der Waals surface area contributed by atoms with E-state index in [1.165, 1.54) is 24.6 Å². The second kappa shape index (κ2) is 22.1. The van der Waals surface area contributed by atoms with E-state index in [0.29, 0.717) is 55.3 Å². The summed E-state index contributed by atoms with van der Waals surface area (Å²) in [6, 6.07) is 21.3. The minimum atomic E-state index is -1.30. The Morgan fingerprint density at radius 3 is 2.00 bits per heavy atom. The van der Waals surface area contributed by atoms with Crippen LogP contribution in [-0.2, 0) is 12.8 Å². The van der Waals surface area contributed by atoms with Gasteiger partial charge in [0.1, 0.15) is 34.6 Å². The standard InChI is InChI=1S/C33H33FO6.C3H8.C2H6.Na/c1-3-9-25-29(12-7-13-30(25)40-31-11-6-5-10-26(31)33(36)37)38-18-8-19-39-32-21-28(35)27(20-22(32)4-2)23-14-16-24(34)17-15-23;1-3-2;1-2;/h5-7,10-17,20-21,35H,3-4,8-9,18-19H2,1-2H3,(H,36,37);3H2,1-2H3;1-2H3;/q;;;+1/p-1. The molecule has 0 aromatic heterocycles. The number of halogens is 1. The van der Waals surface area contributed by atoms with Gasteiger partial charge in [-0.25, -0.2) is 4.39 Å². The molecule has 0 aliphatic carbocycles. The minimum Gasteiger partial charge on any atom is -0.545 e. The molecule has 1 N–H and O–H groups in total. The van der Waals surface area contributed by atoms with Crippen LogP contribution in [0.25, 0.3) is 11.1 Å². The number of carbonyl (C=O) groups excluding carboxylic acids is 1. The summed E-state index contributed by atoms with van der Waals surface area (Å²) in [5.74, 6) is 0.448. The number of carboxylic acids is 1. The SMILES string of the molecule is CC.CCC.CCCc1c(OCCCOc2cc(O)c(-c3ccc(F)cc3)cc2CC)cccc1Oc1ccccc1C(=O)[O-].[Na+]. The minimum absolute atomic E-state index is 0. The Morgan fingerprint density at radius 2 is 1.39 bits per heavy atom. The average molecular weight is 641 g/mol. The fourth-order valence-corrected chi connectivity index (χ4v) is 4.42. The molecule has 0 saturated carbocycles. The van der Waals surface area contributed by atoms with Crippen LogP contribution < -0.4 is 48.9 Å². The van der Waals surface area contributed by atoms with Crippen molar-refractivity contribution in [3.63, 3.8) is 0 Å². The van der Waals surface area contributed by atoms with E-state index in [0.717, 1.165) is 23.1 Å². The van der Waals surface area contributed by atoms with Crippen molar-refractivity contribution in [2.75, 3.05) is 13.2 Å². The summed E-state index contributed by atoms with van der Waals surface area (Å²) in [6.07, 6.45) is 4.08. The van der Waals surface area contributed by atoms with Crippen molar-refractivity contribution in [2.24, 2.45) is 0 Å². The molecule has 0 atom stereocenters. The van der Waals surface area contributed by atoms with E-state index in [2.05, 4.69) is 13.8 Å². The largest absolute Gasteiger partial charge is 1.00 e. The summed E-state index contributed by atoms with van der Waals surface area (Å²) in [5, 5.41) is 22.1. The van der Waals surface area contributed by atoms with Gasteiger partial charge in [-0.15, -0.1) is 0 Å². The maximum atomic E-state index is 13.3. The number of phenolic OH excluding ortho intramolecular Hbond substituents is 1. The summed E-state index contributed by atoms with van der Waals surface area (Å²) in [7, 11) is 0. The number of hydrogen-bond acceptors (Lipinski definition) is 6. The number of rotatable bonds is 13. The second-order valence-corrected chi connectivity index (χ2v) is 9.96. The van der Waals surface area contributed by atoms with Crippen LogP contribution in [0.15, 0.2) is 78.9 Å². The molecule has 0 aliphatic heterocycles. The predicted molar refractivity (Wildman–Crippen MR) is 177 cm³/mol. The molecule has 4 aromatic carbocycles. The van der Waals surface area contributed by atoms with Crippen LogP contribution >= 0.6 is 0 Å². The average Bonchev–Trinajstić information content (AvgIpc) is 3.04. The number of aromatic carboxylic acids is 1. The van der Waals surface area contributed by atoms with E-state index in [4.69, 9.17) is 14.2 Å². The van der Waals surface area contributed by atoms with Crippen molar-refractivity contribution in [1.82, 2.24) is 0 Å². The van der Waals surface area contributed by atoms with Crippen LogP contribution in [0.3, 0.4) is 0 Å². The third-order valence-electron chi connectivity index (χ3n) is 6.44.